The number of aromatic hydroxyl groups is 2. The Labute approximate surface area is 151 Å². The molecule has 0 saturated heterocycles. The predicted octanol–water partition coefficient (Wildman–Crippen LogP) is 0.868. The third-order valence-corrected chi connectivity index (χ3v) is 3.91. The number of hydrogen-bond acceptors (Lipinski definition) is 6. The highest BCUT2D eigenvalue weighted by Gasteiger charge is 2.25. The number of ether oxygens (including phenoxy) is 1. The number of amides is 1. The second-order valence-corrected chi connectivity index (χ2v) is 5.93. The quantitative estimate of drug-likeness (QED) is 0.545. The molecule has 0 aliphatic carbocycles. The first kappa shape index (κ1) is 19.3. The fourth-order valence-corrected chi connectivity index (χ4v) is 2.46. The molecule has 0 heterocycles. The number of methoxy groups -OCH3 is 1. The van der Waals surface area contributed by atoms with Crippen molar-refractivity contribution in [2.45, 2.75) is 24.9 Å². The number of nitrogens with one attached hydrogen (secondary N) is 1. The van der Waals surface area contributed by atoms with Crippen molar-refractivity contribution in [3.05, 3.63) is 59.7 Å². The van der Waals surface area contributed by atoms with Crippen LogP contribution in [0.1, 0.15) is 11.1 Å². The van der Waals surface area contributed by atoms with E-state index in [1.165, 1.54) is 31.4 Å². The summed E-state index contributed by atoms with van der Waals surface area (Å²) >= 11 is 0. The summed E-state index contributed by atoms with van der Waals surface area (Å²) in [7, 11) is 1.24. The van der Waals surface area contributed by atoms with Gasteiger partial charge in [0.05, 0.1) is 13.2 Å². The molecule has 26 heavy (non-hydrogen) atoms. The summed E-state index contributed by atoms with van der Waals surface area (Å²) in [6.45, 7) is 0. The van der Waals surface area contributed by atoms with Crippen molar-refractivity contribution < 1.29 is 24.5 Å². The van der Waals surface area contributed by atoms with Crippen molar-refractivity contribution in [2.24, 2.45) is 5.73 Å². The molecule has 2 rings (SSSR count). The highest BCUT2D eigenvalue weighted by atomic mass is 16.5. The van der Waals surface area contributed by atoms with Gasteiger partial charge in [0, 0.05) is 6.42 Å². The van der Waals surface area contributed by atoms with Crippen molar-refractivity contribution in [1.82, 2.24) is 5.32 Å². The second kappa shape index (κ2) is 8.87. The van der Waals surface area contributed by atoms with Crippen LogP contribution in [0.25, 0.3) is 0 Å². The summed E-state index contributed by atoms with van der Waals surface area (Å²) < 4.78 is 4.75. The number of carbonyl (C=O) groups is 2. The maximum absolute atomic E-state index is 12.4. The average Bonchev–Trinajstić information content (AvgIpc) is 2.64. The lowest BCUT2D eigenvalue weighted by molar-refractivity contribution is -0.145. The van der Waals surface area contributed by atoms with E-state index in [1.54, 1.807) is 24.3 Å². The van der Waals surface area contributed by atoms with E-state index in [2.05, 4.69) is 5.32 Å². The first-order valence-corrected chi connectivity index (χ1v) is 8.08. The largest absolute Gasteiger partial charge is 0.508 e. The fourth-order valence-electron chi connectivity index (χ4n) is 2.46. The van der Waals surface area contributed by atoms with Crippen LogP contribution in [0.2, 0.25) is 0 Å². The summed E-state index contributed by atoms with van der Waals surface area (Å²) in [6.07, 6.45) is 0.476. The van der Waals surface area contributed by atoms with Crippen LogP contribution in [0, 0.1) is 0 Å². The van der Waals surface area contributed by atoms with E-state index < -0.39 is 24.0 Å². The van der Waals surface area contributed by atoms with E-state index in [0.717, 1.165) is 11.1 Å². The minimum absolute atomic E-state index is 0.114. The van der Waals surface area contributed by atoms with E-state index in [0.29, 0.717) is 0 Å². The van der Waals surface area contributed by atoms with E-state index in [-0.39, 0.29) is 24.3 Å². The number of hydrogen-bond donors (Lipinski definition) is 4. The van der Waals surface area contributed by atoms with E-state index in [1.807, 2.05) is 0 Å². The van der Waals surface area contributed by atoms with Crippen LogP contribution in [-0.2, 0) is 27.2 Å². The Kier molecular flexibility index (Phi) is 6.57. The molecule has 138 valence electrons. The molecule has 0 unspecified atom stereocenters. The van der Waals surface area contributed by atoms with Crippen LogP contribution in [0.4, 0.5) is 0 Å². The molecular weight excluding hydrogens is 336 g/mol. The second-order valence-electron chi connectivity index (χ2n) is 5.93. The number of rotatable bonds is 7. The van der Waals surface area contributed by atoms with Crippen molar-refractivity contribution in [3.63, 3.8) is 0 Å². The molecule has 0 aromatic heterocycles. The van der Waals surface area contributed by atoms with Gasteiger partial charge in [0.25, 0.3) is 0 Å². The van der Waals surface area contributed by atoms with Gasteiger partial charge < -0.3 is 26.0 Å². The monoisotopic (exact) mass is 358 g/mol. The third kappa shape index (κ3) is 5.49. The molecule has 0 bridgehead atoms. The topological polar surface area (TPSA) is 122 Å². The van der Waals surface area contributed by atoms with Gasteiger partial charge in [-0.05, 0) is 41.8 Å². The van der Waals surface area contributed by atoms with Crippen LogP contribution < -0.4 is 11.1 Å². The van der Waals surface area contributed by atoms with Gasteiger partial charge in [-0.2, -0.15) is 0 Å². The van der Waals surface area contributed by atoms with Crippen LogP contribution in [0.5, 0.6) is 11.5 Å². The molecule has 0 spiro atoms. The number of carbonyl (C=O) groups excluding carboxylic acids is 2. The van der Waals surface area contributed by atoms with Crippen LogP contribution >= 0.6 is 0 Å². The number of benzene rings is 2. The summed E-state index contributed by atoms with van der Waals surface area (Å²) in [5.74, 6) is -0.815. The Morgan fingerprint density at radius 1 is 0.962 bits per heavy atom. The van der Waals surface area contributed by atoms with Gasteiger partial charge in [0.1, 0.15) is 17.5 Å². The lowest BCUT2D eigenvalue weighted by Crippen LogP contribution is -2.50. The van der Waals surface area contributed by atoms with E-state index >= 15 is 0 Å². The highest BCUT2D eigenvalue weighted by molar-refractivity contribution is 5.87. The summed E-state index contributed by atoms with van der Waals surface area (Å²) in [6, 6.07) is 11.0. The first-order valence-electron chi connectivity index (χ1n) is 8.08. The number of phenols is 2. The minimum atomic E-state index is -0.886. The average molecular weight is 358 g/mol. The van der Waals surface area contributed by atoms with Gasteiger partial charge in [-0.3, -0.25) is 4.79 Å². The molecule has 7 heteroatoms. The van der Waals surface area contributed by atoms with Gasteiger partial charge in [-0.25, -0.2) is 4.79 Å². The molecule has 0 fully saturated rings. The third-order valence-electron chi connectivity index (χ3n) is 3.91. The maximum Gasteiger partial charge on any atom is 0.328 e. The lowest BCUT2D eigenvalue weighted by atomic mass is 10.0. The Hall–Kier alpha value is -3.06. The molecule has 0 aliphatic heterocycles. The number of phenolic OH excluding ortho intramolecular Hbond substituents is 2. The zero-order valence-corrected chi connectivity index (χ0v) is 14.4. The molecule has 0 saturated carbocycles. The molecule has 0 radical (unpaired) electrons. The predicted molar refractivity (Wildman–Crippen MR) is 95.5 cm³/mol. The van der Waals surface area contributed by atoms with Gasteiger partial charge in [0.2, 0.25) is 5.91 Å². The smallest absolute Gasteiger partial charge is 0.328 e. The van der Waals surface area contributed by atoms with E-state index in [9.17, 15) is 19.8 Å². The standard InChI is InChI=1S/C19H22N2O5/c1-26-19(25)17(11-13-4-8-15(23)9-5-13)21-18(24)16(20)10-12-2-6-14(22)7-3-12/h2-9,16-17,22-23H,10-11,20H2,1H3,(H,21,24)/t16-,17-/m0/s1. The van der Waals surface area contributed by atoms with Crippen molar-refractivity contribution in [2.75, 3.05) is 7.11 Å². The maximum atomic E-state index is 12.4. The highest BCUT2D eigenvalue weighted by Crippen LogP contribution is 2.13. The van der Waals surface area contributed by atoms with Crippen molar-refractivity contribution in [1.29, 1.82) is 0 Å². The van der Waals surface area contributed by atoms with Crippen LogP contribution in [0.15, 0.2) is 48.5 Å². The molecular formula is C19H22N2O5. The normalized spacial score (nSPS) is 12.8. The van der Waals surface area contributed by atoms with Gasteiger partial charge in [0.15, 0.2) is 0 Å². The SMILES string of the molecule is COC(=O)[C@H](Cc1ccc(O)cc1)NC(=O)[C@@H](N)Cc1ccc(O)cc1. The van der Waals surface area contributed by atoms with Gasteiger partial charge in [-0.15, -0.1) is 0 Å². The first-order chi connectivity index (χ1) is 12.4. The van der Waals surface area contributed by atoms with Crippen LogP contribution in [-0.4, -0.2) is 41.3 Å². The minimum Gasteiger partial charge on any atom is -0.508 e. The summed E-state index contributed by atoms with van der Waals surface area (Å²) in [5, 5.41) is 21.2. The molecule has 1 amide bonds. The van der Waals surface area contributed by atoms with Crippen LogP contribution in [0.3, 0.4) is 0 Å². The Balaban J connectivity index is 2.01. The lowest BCUT2D eigenvalue weighted by Gasteiger charge is -2.19. The zero-order valence-electron chi connectivity index (χ0n) is 14.4. The number of nitrogens with two attached hydrogens (primary N) is 1. The molecule has 2 aromatic carbocycles. The molecule has 0 aliphatic rings. The Morgan fingerprint density at radius 2 is 1.42 bits per heavy atom. The number of esters is 1. The van der Waals surface area contributed by atoms with E-state index in [4.69, 9.17) is 10.5 Å². The fraction of sp³-hybridized carbons (Fsp3) is 0.263. The van der Waals surface area contributed by atoms with Crippen molar-refractivity contribution >= 4 is 11.9 Å². The zero-order chi connectivity index (χ0) is 19.1. The molecule has 5 N–H and O–H groups in total. The van der Waals surface area contributed by atoms with Gasteiger partial charge in [-0.1, -0.05) is 24.3 Å². The Bertz CT molecular complexity index is 744. The summed E-state index contributed by atoms with van der Waals surface area (Å²) in [5.41, 5.74) is 7.48. The summed E-state index contributed by atoms with van der Waals surface area (Å²) in [4.78, 5) is 24.3. The van der Waals surface area contributed by atoms with Gasteiger partial charge >= 0.3 is 5.97 Å². The molecule has 2 atom stereocenters. The molecule has 2 aromatic rings. The van der Waals surface area contributed by atoms with Crippen molar-refractivity contribution in [3.8, 4) is 11.5 Å². The Morgan fingerprint density at radius 3 is 1.88 bits per heavy atom. The molecule has 7 nitrogen and oxygen atoms in total.